The summed E-state index contributed by atoms with van der Waals surface area (Å²) in [6.07, 6.45) is 0. The van der Waals surface area contributed by atoms with Crippen LogP contribution in [0, 0.1) is 13.8 Å². The molecular formula is C17H17N3O4S. The van der Waals surface area contributed by atoms with Gasteiger partial charge in [0.15, 0.2) is 5.82 Å². The second-order valence-corrected chi connectivity index (χ2v) is 7.11. The molecule has 0 saturated heterocycles. The number of ether oxygens (including phenoxy) is 1. The van der Waals surface area contributed by atoms with E-state index in [2.05, 4.69) is 14.9 Å². The van der Waals surface area contributed by atoms with Gasteiger partial charge in [-0.3, -0.25) is 4.72 Å². The number of benzene rings is 2. The summed E-state index contributed by atoms with van der Waals surface area (Å²) in [7, 11) is -2.16. The van der Waals surface area contributed by atoms with Crippen molar-refractivity contribution < 1.29 is 17.7 Å². The fraction of sp³-hybridized carbons (Fsp3) is 0.176. The molecule has 0 unspecified atom stereocenters. The first-order valence-electron chi connectivity index (χ1n) is 7.47. The molecule has 2 aromatic carbocycles. The second kappa shape index (κ2) is 6.56. The fourth-order valence-corrected chi connectivity index (χ4v) is 3.64. The van der Waals surface area contributed by atoms with E-state index >= 15 is 0 Å². The number of hydrogen-bond donors (Lipinski definition) is 1. The van der Waals surface area contributed by atoms with Crippen LogP contribution >= 0.6 is 0 Å². The summed E-state index contributed by atoms with van der Waals surface area (Å²) >= 11 is 0. The molecule has 0 saturated carbocycles. The smallest absolute Gasteiger partial charge is 0.262 e. The minimum absolute atomic E-state index is 0.199. The molecule has 1 N–H and O–H groups in total. The predicted octanol–water partition coefficient (Wildman–Crippen LogP) is 3.16. The maximum Gasteiger partial charge on any atom is 0.262 e. The Labute approximate surface area is 145 Å². The second-order valence-electron chi connectivity index (χ2n) is 5.46. The van der Waals surface area contributed by atoms with Crippen molar-refractivity contribution in [2.75, 3.05) is 11.8 Å². The van der Waals surface area contributed by atoms with Crippen molar-refractivity contribution in [2.24, 2.45) is 0 Å². The van der Waals surface area contributed by atoms with Gasteiger partial charge in [0.25, 0.3) is 15.9 Å². The molecule has 0 fully saturated rings. The third kappa shape index (κ3) is 3.63. The minimum atomic E-state index is -3.70. The highest BCUT2D eigenvalue weighted by atomic mass is 32.2. The van der Waals surface area contributed by atoms with Crippen LogP contribution in [0.5, 0.6) is 5.75 Å². The van der Waals surface area contributed by atoms with Crippen LogP contribution in [0.3, 0.4) is 0 Å². The highest BCUT2D eigenvalue weighted by Gasteiger charge is 2.17. The molecule has 3 rings (SSSR count). The lowest BCUT2D eigenvalue weighted by atomic mass is 10.2. The topological polar surface area (TPSA) is 94.3 Å². The Morgan fingerprint density at radius 3 is 2.36 bits per heavy atom. The quantitative estimate of drug-likeness (QED) is 0.752. The molecule has 130 valence electrons. The van der Waals surface area contributed by atoms with Gasteiger partial charge in [-0.25, -0.2) is 8.42 Å². The first-order chi connectivity index (χ1) is 11.9. The molecular weight excluding hydrogens is 342 g/mol. The minimum Gasteiger partial charge on any atom is -0.497 e. The van der Waals surface area contributed by atoms with Crippen LogP contribution in [-0.2, 0) is 10.0 Å². The lowest BCUT2D eigenvalue weighted by molar-refractivity contribution is 0.414. The molecule has 0 spiro atoms. The van der Waals surface area contributed by atoms with Gasteiger partial charge in [0.1, 0.15) is 5.75 Å². The molecule has 1 heterocycles. The Morgan fingerprint density at radius 1 is 1.08 bits per heavy atom. The summed E-state index contributed by atoms with van der Waals surface area (Å²) in [6.45, 7) is 3.45. The maximum atomic E-state index is 12.6. The first kappa shape index (κ1) is 17.0. The average Bonchev–Trinajstić information content (AvgIpc) is 3.01. The standard InChI is InChI=1S/C17H17N3O4S/c1-11-10-15(23-3)8-9-16(11)25(21,22)20-14-6-4-13(5-7-14)17-18-12(2)19-24-17/h4-10,20H,1-3H3. The molecule has 0 aliphatic heterocycles. The van der Waals surface area contributed by atoms with Crippen LogP contribution in [0.4, 0.5) is 5.69 Å². The van der Waals surface area contributed by atoms with E-state index in [0.29, 0.717) is 34.3 Å². The summed E-state index contributed by atoms with van der Waals surface area (Å²) in [4.78, 5) is 4.33. The molecule has 25 heavy (non-hydrogen) atoms. The number of aryl methyl sites for hydroxylation is 2. The third-order valence-corrected chi connectivity index (χ3v) is 5.12. The Kier molecular flexibility index (Phi) is 4.45. The normalized spacial score (nSPS) is 11.3. The van der Waals surface area contributed by atoms with E-state index in [0.717, 1.165) is 0 Å². The van der Waals surface area contributed by atoms with Gasteiger partial charge in [-0.2, -0.15) is 4.98 Å². The monoisotopic (exact) mass is 359 g/mol. The van der Waals surface area contributed by atoms with Crippen LogP contribution in [0.2, 0.25) is 0 Å². The third-order valence-electron chi connectivity index (χ3n) is 3.58. The highest BCUT2D eigenvalue weighted by molar-refractivity contribution is 7.92. The molecule has 0 radical (unpaired) electrons. The van der Waals surface area contributed by atoms with Crippen molar-refractivity contribution in [3.63, 3.8) is 0 Å². The number of rotatable bonds is 5. The number of nitrogens with zero attached hydrogens (tertiary/aromatic N) is 2. The van der Waals surface area contributed by atoms with E-state index < -0.39 is 10.0 Å². The van der Waals surface area contributed by atoms with Crippen LogP contribution < -0.4 is 9.46 Å². The summed E-state index contributed by atoms with van der Waals surface area (Å²) in [5.74, 6) is 1.53. The first-order valence-corrected chi connectivity index (χ1v) is 8.95. The van der Waals surface area contributed by atoms with Gasteiger partial charge in [-0.05, 0) is 61.9 Å². The number of anilines is 1. The lowest BCUT2D eigenvalue weighted by Crippen LogP contribution is -2.14. The zero-order chi connectivity index (χ0) is 18.0. The molecule has 0 aliphatic rings. The summed E-state index contributed by atoms with van der Waals surface area (Å²) in [6, 6.07) is 11.5. The molecule has 0 amide bonds. The van der Waals surface area contributed by atoms with E-state index in [1.54, 1.807) is 50.2 Å². The Morgan fingerprint density at radius 2 is 1.80 bits per heavy atom. The van der Waals surface area contributed by atoms with Gasteiger partial charge in [-0.1, -0.05) is 5.16 Å². The van der Waals surface area contributed by atoms with E-state index in [-0.39, 0.29) is 4.90 Å². The van der Waals surface area contributed by atoms with Crippen LogP contribution in [0.25, 0.3) is 11.5 Å². The highest BCUT2D eigenvalue weighted by Crippen LogP contribution is 2.25. The van der Waals surface area contributed by atoms with Gasteiger partial charge in [0, 0.05) is 11.3 Å². The summed E-state index contributed by atoms with van der Waals surface area (Å²) < 4.78 is 37.9. The zero-order valence-corrected chi connectivity index (χ0v) is 14.8. The van der Waals surface area contributed by atoms with E-state index in [1.165, 1.54) is 13.2 Å². The van der Waals surface area contributed by atoms with Gasteiger partial charge in [0.05, 0.1) is 12.0 Å². The van der Waals surface area contributed by atoms with Crippen molar-refractivity contribution in [2.45, 2.75) is 18.7 Å². The fourth-order valence-electron chi connectivity index (χ4n) is 2.36. The SMILES string of the molecule is COc1ccc(S(=O)(=O)Nc2ccc(-c3nc(C)no3)cc2)c(C)c1. The molecule has 0 aliphatic carbocycles. The number of methoxy groups -OCH3 is 1. The molecule has 0 bridgehead atoms. The number of nitrogens with one attached hydrogen (secondary N) is 1. The van der Waals surface area contributed by atoms with E-state index in [1.807, 2.05) is 0 Å². The number of sulfonamides is 1. The average molecular weight is 359 g/mol. The predicted molar refractivity (Wildman–Crippen MR) is 93.0 cm³/mol. The van der Waals surface area contributed by atoms with E-state index in [9.17, 15) is 8.42 Å². The van der Waals surface area contributed by atoms with Gasteiger partial charge < -0.3 is 9.26 Å². The van der Waals surface area contributed by atoms with Gasteiger partial charge in [-0.15, -0.1) is 0 Å². The summed E-state index contributed by atoms with van der Waals surface area (Å²) in [5, 5.41) is 3.73. The van der Waals surface area contributed by atoms with Gasteiger partial charge >= 0.3 is 0 Å². The lowest BCUT2D eigenvalue weighted by Gasteiger charge is -2.11. The van der Waals surface area contributed by atoms with E-state index in [4.69, 9.17) is 9.26 Å². The number of aromatic nitrogens is 2. The largest absolute Gasteiger partial charge is 0.497 e. The molecule has 0 atom stereocenters. The van der Waals surface area contributed by atoms with Gasteiger partial charge in [0.2, 0.25) is 0 Å². The van der Waals surface area contributed by atoms with Crippen LogP contribution in [-0.4, -0.2) is 25.7 Å². The molecule has 8 heteroatoms. The van der Waals surface area contributed by atoms with Crippen molar-refractivity contribution in [3.05, 3.63) is 53.9 Å². The van der Waals surface area contributed by atoms with Crippen molar-refractivity contribution in [3.8, 4) is 17.2 Å². The zero-order valence-electron chi connectivity index (χ0n) is 14.0. The van der Waals surface area contributed by atoms with Crippen molar-refractivity contribution in [1.29, 1.82) is 0 Å². The molecule has 7 nitrogen and oxygen atoms in total. The Balaban J connectivity index is 1.83. The van der Waals surface area contributed by atoms with Crippen molar-refractivity contribution in [1.82, 2.24) is 10.1 Å². The Hall–Kier alpha value is -2.87. The summed E-state index contributed by atoms with van der Waals surface area (Å²) in [5.41, 5.74) is 1.75. The molecule has 1 aromatic heterocycles. The Bertz CT molecular complexity index is 995. The van der Waals surface area contributed by atoms with Crippen LogP contribution in [0.1, 0.15) is 11.4 Å². The molecule has 3 aromatic rings. The van der Waals surface area contributed by atoms with Crippen molar-refractivity contribution >= 4 is 15.7 Å². The van der Waals surface area contributed by atoms with Crippen LogP contribution in [0.15, 0.2) is 51.9 Å². The maximum absolute atomic E-state index is 12.6. The number of hydrogen-bond acceptors (Lipinski definition) is 6.